The van der Waals surface area contributed by atoms with E-state index in [2.05, 4.69) is 15.3 Å². The van der Waals surface area contributed by atoms with Crippen molar-refractivity contribution in [2.45, 2.75) is 26.8 Å². The number of fused-ring (bicyclic) bond motifs is 1. The normalized spacial score (nSPS) is 12.0. The van der Waals surface area contributed by atoms with Gasteiger partial charge in [0.15, 0.2) is 6.61 Å². The van der Waals surface area contributed by atoms with Crippen LogP contribution in [-0.4, -0.2) is 28.5 Å². The number of H-pyrrole nitrogens is 1. The predicted octanol–water partition coefficient (Wildman–Crippen LogP) is 2.64. The van der Waals surface area contributed by atoms with Gasteiger partial charge in [0.2, 0.25) is 0 Å². The fourth-order valence-electron chi connectivity index (χ4n) is 2.75. The number of benzene rings is 1. The number of aryl methyl sites for hydroxylation is 2. The number of aromatic nitrogens is 2. The van der Waals surface area contributed by atoms with Crippen molar-refractivity contribution in [3.8, 4) is 0 Å². The van der Waals surface area contributed by atoms with Crippen molar-refractivity contribution in [1.29, 1.82) is 0 Å². The highest BCUT2D eigenvalue weighted by Gasteiger charge is 2.21. The zero-order chi connectivity index (χ0) is 19.6. The molecule has 2 N–H and O–H groups in total. The summed E-state index contributed by atoms with van der Waals surface area (Å²) in [6, 6.07) is 9.29. The number of ether oxygens (including phenoxy) is 1. The van der Waals surface area contributed by atoms with Gasteiger partial charge in [-0.1, -0.05) is 30.3 Å². The lowest BCUT2D eigenvalue weighted by Gasteiger charge is -2.14. The summed E-state index contributed by atoms with van der Waals surface area (Å²) in [5, 5.41) is 3.16. The van der Waals surface area contributed by atoms with Crippen molar-refractivity contribution >= 4 is 33.4 Å². The van der Waals surface area contributed by atoms with Crippen LogP contribution >= 0.6 is 11.3 Å². The summed E-state index contributed by atoms with van der Waals surface area (Å²) >= 11 is 1.09. The molecule has 2 aromatic heterocycles. The second-order valence-corrected chi connectivity index (χ2v) is 7.16. The Morgan fingerprint density at radius 1 is 1.26 bits per heavy atom. The first-order chi connectivity index (χ1) is 12.9. The Hall–Kier alpha value is -3.00. The molecule has 7 nitrogen and oxygen atoms in total. The third kappa shape index (κ3) is 4.06. The van der Waals surface area contributed by atoms with Crippen molar-refractivity contribution in [3.63, 3.8) is 0 Å². The van der Waals surface area contributed by atoms with E-state index >= 15 is 0 Å². The van der Waals surface area contributed by atoms with E-state index in [1.165, 1.54) is 0 Å². The second-order valence-electron chi connectivity index (χ2n) is 6.16. The van der Waals surface area contributed by atoms with E-state index in [-0.39, 0.29) is 16.5 Å². The van der Waals surface area contributed by atoms with Crippen LogP contribution in [0, 0.1) is 13.8 Å². The average Bonchev–Trinajstić information content (AvgIpc) is 2.97. The van der Waals surface area contributed by atoms with Gasteiger partial charge in [-0.15, -0.1) is 11.3 Å². The molecule has 0 saturated heterocycles. The molecule has 0 radical (unpaired) electrons. The van der Waals surface area contributed by atoms with E-state index in [4.69, 9.17) is 4.74 Å². The molecule has 0 spiro atoms. The summed E-state index contributed by atoms with van der Waals surface area (Å²) < 4.78 is 5.13. The van der Waals surface area contributed by atoms with Gasteiger partial charge in [-0.25, -0.2) is 9.78 Å². The molecule has 3 rings (SSSR count). The summed E-state index contributed by atoms with van der Waals surface area (Å²) in [7, 11) is 0. The minimum absolute atomic E-state index is 0.200. The van der Waals surface area contributed by atoms with Gasteiger partial charge < -0.3 is 15.0 Å². The summed E-state index contributed by atoms with van der Waals surface area (Å²) in [5.41, 5.74) is 1.17. The molecule has 0 aliphatic heterocycles. The van der Waals surface area contributed by atoms with Gasteiger partial charge in [0.1, 0.15) is 15.5 Å². The molecule has 1 amide bonds. The maximum Gasteiger partial charge on any atom is 0.349 e. The number of carbonyl (C=O) groups is 2. The van der Waals surface area contributed by atoms with E-state index in [0.717, 1.165) is 16.9 Å². The zero-order valence-corrected chi connectivity index (χ0v) is 16.0. The minimum Gasteiger partial charge on any atom is -0.451 e. The first-order valence-corrected chi connectivity index (χ1v) is 9.20. The van der Waals surface area contributed by atoms with Crippen LogP contribution in [0.25, 0.3) is 10.2 Å². The van der Waals surface area contributed by atoms with Crippen molar-refractivity contribution in [3.05, 3.63) is 62.5 Å². The van der Waals surface area contributed by atoms with Crippen molar-refractivity contribution < 1.29 is 14.3 Å². The number of aromatic amines is 1. The van der Waals surface area contributed by atoms with E-state index < -0.39 is 18.5 Å². The SMILES string of the molecule is Cc1nc2sc(C(=O)OCC(=O)N[C@H](C)c3ccccc3)c(C)c2c(=O)[nH]1. The van der Waals surface area contributed by atoms with Crippen LogP contribution in [0.2, 0.25) is 0 Å². The third-order valence-electron chi connectivity index (χ3n) is 4.12. The Bertz CT molecular complexity index is 1060. The van der Waals surface area contributed by atoms with E-state index in [1.54, 1.807) is 13.8 Å². The summed E-state index contributed by atoms with van der Waals surface area (Å²) in [6.45, 7) is 4.79. The van der Waals surface area contributed by atoms with Crippen molar-refractivity contribution in [2.24, 2.45) is 0 Å². The molecule has 0 bridgehead atoms. The molecular weight excluding hydrogens is 366 g/mol. The molecule has 140 valence electrons. The fourth-order valence-corrected chi connectivity index (χ4v) is 3.87. The number of amides is 1. The number of hydrogen-bond donors (Lipinski definition) is 2. The number of hydrogen-bond acceptors (Lipinski definition) is 6. The van der Waals surface area contributed by atoms with Crippen LogP contribution in [-0.2, 0) is 9.53 Å². The molecule has 8 heteroatoms. The molecule has 0 aliphatic carbocycles. The lowest BCUT2D eigenvalue weighted by molar-refractivity contribution is -0.124. The first-order valence-electron chi connectivity index (χ1n) is 8.38. The molecule has 3 aromatic rings. The van der Waals surface area contributed by atoms with Crippen LogP contribution in [0.15, 0.2) is 35.1 Å². The van der Waals surface area contributed by atoms with Gasteiger partial charge in [0.05, 0.1) is 11.4 Å². The lowest BCUT2D eigenvalue weighted by atomic mass is 10.1. The maximum absolute atomic E-state index is 12.4. The second kappa shape index (κ2) is 7.71. The van der Waals surface area contributed by atoms with E-state index in [9.17, 15) is 14.4 Å². The van der Waals surface area contributed by atoms with Crippen LogP contribution < -0.4 is 10.9 Å². The van der Waals surface area contributed by atoms with Crippen molar-refractivity contribution in [2.75, 3.05) is 6.61 Å². The van der Waals surface area contributed by atoms with E-state index in [0.29, 0.717) is 21.6 Å². The number of nitrogens with zero attached hydrogens (tertiary/aromatic N) is 1. The highest BCUT2D eigenvalue weighted by molar-refractivity contribution is 7.20. The quantitative estimate of drug-likeness (QED) is 0.658. The van der Waals surface area contributed by atoms with Crippen LogP contribution in [0.4, 0.5) is 0 Å². The summed E-state index contributed by atoms with van der Waals surface area (Å²) in [5.74, 6) is -0.566. The third-order valence-corrected chi connectivity index (χ3v) is 5.28. The van der Waals surface area contributed by atoms with E-state index in [1.807, 2.05) is 37.3 Å². The Kier molecular flexibility index (Phi) is 5.36. The smallest absolute Gasteiger partial charge is 0.349 e. The molecule has 1 atom stereocenters. The number of nitrogens with one attached hydrogen (secondary N) is 2. The van der Waals surface area contributed by atoms with Crippen LogP contribution in [0.1, 0.15) is 39.6 Å². The fraction of sp³-hybridized carbons (Fsp3) is 0.263. The number of esters is 1. The van der Waals surface area contributed by atoms with Crippen LogP contribution in [0.5, 0.6) is 0 Å². The van der Waals surface area contributed by atoms with Gasteiger partial charge in [0, 0.05) is 0 Å². The summed E-state index contributed by atoms with van der Waals surface area (Å²) in [6.07, 6.45) is 0. The Balaban J connectivity index is 1.67. The van der Waals surface area contributed by atoms with Crippen LogP contribution in [0.3, 0.4) is 0 Å². The average molecular weight is 385 g/mol. The molecule has 1 aromatic carbocycles. The molecule has 0 saturated carbocycles. The minimum atomic E-state index is -0.643. The Morgan fingerprint density at radius 2 is 1.96 bits per heavy atom. The van der Waals surface area contributed by atoms with Gasteiger partial charge in [-0.3, -0.25) is 9.59 Å². The van der Waals surface area contributed by atoms with Gasteiger partial charge in [-0.2, -0.15) is 0 Å². The first kappa shape index (κ1) is 18.8. The summed E-state index contributed by atoms with van der Waals surface area (Å²) in [4.78, 5) is 44.1. The molecule has 0 fully saturated rings. The topological polar surface area (TPSA) is 101 Å². The van der Waals surface area contributed by atoms with Crippen molar-refractivity contribution in [1.82, 2.24) is 15.3 Å². The highest BCUT2D eigenvalue weighted by atomic mass is 32.1. The highest BCUT2D eigenvalue weighted by Crippen LogP contribution is 2.27. The lowest BCUT2D eigenvalue weighted by Crippen LogP contribution is -2.31. The largest absolute Gasteiger partial charge is 0.451 e. The molecular formula is C19H19N3O4S. The maximum atomic E-state index is 12.4. The number of carbonyl (C=O) groups excluding carboxylic acids is 2. The van der Waals surface area contributed by atoms with Gasteiger partial charge in [0.25, 0.3) is 11.5 Å². The monoisotopic (exact) mass is 385 g/mol. The number of rotatable bonds is 5. The van der Waals surface area contributed by atoms with Gasteiger partial charge in [-0.05, 0) is 31.9 Å². The predicted molar refractivity (Wildman–Crippen MR) is 103 cm³/mol. The zero-order valence-electron chi connectivity index (χ0n) is 15.2. The molecule has 2 heterocycles. The molecule has 27 heavy (non-hydrogen) atoms. The molecule has 0 aliphatic rings. The Labute approximate surface area is 159 Å². The molecule has 0 unspecified atom stereocenters. The number of thiophene rings is 1. The Morgan fingerprint density at radius 3 is 2.67 bits per heavy atom. The standard InChI is InChI=1S/C19H19N3O4S/c1-10-15-17(24)21-12(3)22-18(15)27-16(10)19(25)26-9-14(23)20-11(2)13-7-5-4-6-8-13/h4-8,11H,9H2,1-3H3,(H,20,23)(H,21,22,24)/t11-/m1/s1. The van der Waals surface area contributed by atoms with Gasteiger partial charge >= 0.3 is 5.97 Å².